The van der Waals surface area contributed by atoms with E-state index in [1.807, 2.05) is 31.2 Å². The van der Waals surface area contributed by atoms with Gasteiger partial charge in [-0.05, 0) is 36.8 Å². The molecule has 1 atom stereocenters. The Morgan fingerprint density at radius 2 is 2.04 bits per heavy atom. The lowest BCUT2D eigenvalue weighted by molar-refractivity contribution is -0.141. The molecule has 4 rings (SSSR count). The van der Waals surface area contributed by atoms with Crippen LogP contribution in [0.15, 0.2) is 52.9 Å². The van der Waals surface area contributed by atoms with Crippen molar-refractivity contribution in [2.45, 2.75) is 16.1 Å². The first-order valence-electron chi connectivity index (χ1n) is 8.50. The summed E-state index contributed by atoms with van der Waals surface area (Å²) in [7, 11) is 0. The van der Waals surface area contributed by atoms with Crippen molar-refractivity contribution in [1.29, 1.82) is 0 Å². The molecule has 3 aromatic rings. The van der Waals surface area contributed by atoms with Crippen LogP contribution in [-0.4, -0.2) is 38.4 Å². The highest BCUT2D eigenvalue weighted by Gasteiger charge is 2.45. The first kappa shape index (κ1) is 19.1. The van der Waals surface area contributed by atoms with E-state index in [0.29, 0.717) is 0 Å². The van der Waals surface area contributed by atoms with Crippen LogP contribution < -0.4 is 5.43 Å². The molecule has 0 radical (unpaired) electrons. The molecule has 0 saturated carbocycles. The number of benzene rings is 2. The first-order chi connectivity index (χ1) is 13.5. The van der Waals surface area contributed by atoms with Gasteiger partial charge in [0.05, 0.1) is 21.7 Å². The van der Waals surface area contributed by atoms with Gasteiger partial charge in [-0.15, -0.1) is 23.1 Å². The number of hydrogen-bond acceptors (Lipinski definition) is 7. The van der Waals surface area contributed by atoms with E-state index in [9.17, 15) is 14.7 Å². The van der Waals surface area contributed by atoms with Crippen molar-refractivity contribution in [2.24, 2.45) is 0 Å². The zero-order valence-electron chi connectivity index (χ0n) is 14.9. The van der Waals surface area contributed by atoms with Gasteiger partial charge < -0.3 is 5.11 Å². The average Bonchev–Trinajstić information content (AvgIpc) is 3.23. The number of phenolic OH excluding ortho intramolecular Hbond substituents is 1. The third kappa shape index (κ3) is 3.69. The number of amides is 2. The lowest BCUT2D eigenvalue weighted by Crippen LogP contribution is -2.52. The van der Waals surface area contributed by atoms with E-state index in [4.69, 9.17) is 0 Å². The fraction of sp³-hybridized carbons (Fsp3) is 0.211. The lowest BCUT2D eigenvalue weighted by Gasteiger charge is -2.34. The summed E-state index contributed by atoms with van der Waals surface area (Å²) in [6.07, 6.45) is 0. The van der Waals surface area contributed by atoms with Gasteiger partial charge in [0.1, 0.15) is 10.6 Å². The van der Waals surface area contributed by atoms with Gasteiger partial charge in [0, 0.05) is 0 Å². The highest BCUT2D eigenvalue weighted by atomic mass is 32.2. The molecular formula is C19H17N3O3S3. The number of carbonyl (C=O) groups is 2. The predicted molar refractivity (Wildman–Crippen MR) is 113 cm³/mol. The maximum Gasteiger partial charge on any atom is 0.252 e. The zero-order chi connectivity index (χ0) is 19.7. The van der Waals surface area contributed by atoms with Crippen LogP contribution in [0.5, 0.6) is 5.75 Å². The number of nitrogens with zero attached hydrogens (tertiary/aromatic N) is 2. The smallest absolute Gasteiger partial charge is 0.252 e. The minimum Gasteiger partial charge on any atom is -0.508 e. The van der Waals surface area contributed by atoms with E-state index < -0.39 is 4.87 Å². The van der Waals surface area contributed by atoms with Gasteiger partial charge in [0.2, 0.25) is 5.91 Å². The summed E-state index contributed by atoms with van der Waals surface area (Å²) in [6.45, 7) is 1.88. The van der Waals surface area contributed by atoms with Crippen molar-refractivity contribution >= 4 is 56.9 Å². The molecular weight excluding hydrogens is 414 g/mol. The molecule has 1 saturated heterocycles. The monoisotopic (exact) mass is 431 g/mol. The first-order valence-corrected chi connectivity index (χ1v) is 11.3. The van der Waals surface area contributed by atoms with Crippen molar-refractivity contribution in [3.05, 3.63) is 54.1 Å². The van der Waals surface area contributed by atoms with Crippen molar-refractivity contribution < 1.29 is 14.7 Å². The van der Waals surface area contributed by atoms with E-state index in [2.05, 4.69) is 10.4 Å². The highest BCUT2D eigenvalue weighted by molar-refractivity contribution is 8.01. The van der Waals surface area contributed by atoms with Crippen LogP contribution in [0.3, 0.4) is 0 Å². The fourth-order valence-electron chi connectivity index (χ4n) is 2.92. The molecule has 2 heterocycles. The molecule has 2 N–H and O–H groups in total. The summed E-state index contributed by atoms with van der Waals surface area (Å²) in [5, 5.41) is 10.9. The Hall–Kier alpha value is -2.23. The van der Waals surface area contributed by atoms with E-state index in [1.54, 1.807) is 35.6 Å². The minimum atomic E-state index is -0.721. The number of para-hydroxylation sites is 1. The number of phenols is 1. The second-order valence-electron chi connectivity index (χ2n) is 6.32. The number of aromatic hydroxyl groups is 1. The molecule has 2 aromatic carbocycles. The number of aromatic nitrogens is 1. The highest BCUT2D eigenvalue weighted by Crippen LogP contribution is 2.44. The summed E-state index contributed by atoms with van der Waals surface area (Å²) < 4.78 is 1.90. The van der Waals surface area contributed by atoms with E-state index in [-0.39, 0.29) is 29.1 Å². The molecule has 1 aliphatic rings. The molecule has 6 nitrogen and oxygen atoms in total. The van der Waals surface area contributed by atoms with Crippen molar-refractivity contribution in [2.75, 3.05) is 11.5 Å². The maximum absolute atomic E-state index is 12.5. The summed E-state index contributed by atoms with van der Waals surface area (Å²) in [5.41, 5.74) is 4.51. The van der Waals surface area contributed by atoms with Crippen LogP contribution in [0.4, 0.5) is 0 Å². The second kappa shape index (κ2) is 7.65. The van der Waals surface area contributed by atoms with Gasteiger partial charge in [0.25, 0.3) is 5.91 Å². The number of carbonyl (C=O) groups excluding carboxylic acids is 2. The minimum absolute atomic E-state index is 0.154. The number of hydrazine groups is 1. The molecule has 0 spiro atoms. The molecule has 28 heavy (non-hydrogen) atoms. The Labute approximate surface area is 174 Å². The molecule has 2 amide bonds. The molecule has 0 aliphatic carbocycles. The summed E-state index contributed by atoms with van der Waals surface area (Å²) >= 11 is 4.34. The maximum atomic E-state index is 12.5. The Morgan fingerprint density at radius 1 is 1.29 bits per heavy atom. The molecule has 0 bridgehead atoms. The van der Waals surface area contributed by atoms with Gasteiger partial charge in [-0.1, -0.05) is 36.0 Å². The molecule has 1 aromatic heterocycles. The number of nitrogens with one attached hydrogen (secondary N) is 1. The van der Waals surface area contributed by atoms with E-state index in [0.717, 1.165) is 20.1 Å². The number of thioether (sulfide) groups is 2. The van der Waals surface area contributed by atoms with Crippen molar-refractivity contribution in [3.8, 4) is 5.75 Å². The van der Waals surface area contributed by atoms with Crippen molar-refractivity contribution in [1.82, 2.24) is 15.4 Å². The van der Waals surface area contributed by atoms with Crippen LogP contribution in [0, 0.1) is 0 Å². The molecule has 1 fully saturated rings. The molecule has 144 valence electrons. The van der Waals surface area contributed by atoms with Crippen LogP contribution >= 0.6 is 34.9 Å². The standard InChI is InChI=1S/C19H17N3O3S3/c1-19(12-6-8-13(23)9-7-12)22(17(25)11-27-19)21-16(24)10-26-18-20-14-4-2-3-5-15(14)28-18/h2-9,23H,10-11H2,1H3,(H,21,24). The van der Waals surface area contributed by atoms with Gasteiger partial charge in [-0.3, -0.25) is 15.0 Å². The van der Waals surface area contributed by atoms with Crippen LogP contribution in [-0.2, 0) is 14.5 Å². The van der Waals surface area contributed by atoms with Crippen LogP contribution in [0.2, 0.25) is 0 Å². The van der Waals surface area contributed by atoms with E-state index in [1.165, 1.54) is 28.5 Å². The summed E-state index contributed by atoms with van der Waals surface area (Å²) in [5.74, 6) is 0.191. The molecule has 9 heteroatoms. The quantitative estimate of drug-likeness (QED) is 0.601. The number of fused-ring (bicyclic) bond motifs is 1. The number of thiazole rings is 1. The SMILES string of the molecule is CC1(c2ccc(O)cc2)SCC(=O)N1NC(=O)CSc1nc2ccccc2s1. The second-order valence-corrected chi connectivity index (χ2v) is 9.94. The summed E-state index contributed by atoms with van der Waals surface area (Å²) in [6, 6.07) is 14.5. The average molecular weight is 432 g/mol. The fourth-order valence-corrected chi connectivity index (χ4v) is 5.89. The van der Waals surface area contributed by atoms with E-state index >= 15 is 0 Å². The van der Waals surface area contributed by atoms with Crippen LogP contribution in [0.1, 0.15) is 12.5 Å². The predicted octanol–water partition coefficient (Wildman–Crippen LogP) is 3.57. The van der Waals surface area contributed by atoms with Gasteiger partial charge >= 0.3 is 0 Å². The topological polar surface area (TPSA) is 82.5 Å². The third-order valence-electron chi connectivity index (χ3n) is 4.39. The third-order valence-corrected chi connectivity index (χ3v) is 7.94. The van der Waals surface area contributed by atoms with Gasteiger partial charge in [0.15, 0.2) is 4.34 Å². The van der Waals surface area contributed by atoms with Crippen LogP contribution in [0.25, 0.3) is 10.2 Å². The Bertz CT molecular complexity index is 1000. The molecule has 1 aliphatic heterocycles. The Kier molecular flexibility index (Phi) is 5.22. The largest absolute Gasteiger partial charge is 0.508 e. The Balaban J connectivity index is 1.44. The summed E-state index contributed by atoms with van der Waals surface area (Å²) in [4.78, 5) is 28.7. The molecule has 1 unspecified atom stereocenters. The van der Waals surface area contributed by atoms with Crippen molar-refractivity contribution in [3.63, 3.8) is 0 Å². The number of rotatable bonds is 5. The van der Waals surface area contributed by atoms with Gasteiger partial charge in [-0.25, -0.2) is 9.99 Å². The normalized spacial score (nSPS) is 19.3. The Morgan fingerprint density at radius 3 is 2.79 bits per heavy atom. The lowest BCUT2D eigenvalue weighted by atomic mass is 10.1. The number of hydrogen-bond donors (Lipinski definition) is 2. The van der Waals surface area contributed by atoms with Gasteiger partial charge in [-0.2, -0.15) is 0 Å². The zero-order valence-corrected chi connectivity index (χ0v) is 17.4.